The van der Waals surface area contributed by atoms with Gasteiger partial charge in [0.25, 0.3) is 5.91 Å². The zero-order chi connectivity index (χ0) is 33.2. The van der Waals surface area contributed by atoms with Crippen LogP contribution in [0.3, 0.4) is 0 Å². The first-order valence-electron chi connectivity index (χ1n) is 16.0. The molecule has 1 aromatic heterocycles. The number of hydrogen-bond donors (Lipinski definition) is 2. The van der Waals surface area contributed by atoms with Crippen molar-refractivity contribution < 1.29 is 14.4 Å². The van der Waals surface area contributed by atoms with Crippen molar-refractivity contribution in [2.45, 2.75) is 25.3 Å². The van der Waals surface area contributed by atoms with E-state index in [2.05, 4.69) is 15.2 Å². The fourth-order valence-electron chi connectivity index (χ4n) is 6.89. The molecule has 2 N–H and O–H groups in total. The molecule has 4 aromatic rings. The van der Waals surface area contributed by atoms with E-state index < -0.39 is 6.04 Å². The number of hydrogen-bond acceptors (Lipinski definition) is 4. The zero-order valence-corrected chi connectivity index (χ0v) is 28.4. The minimum absolute atomic E-state index is 0.0983. The first-order valence-corrected chi connectivity index (χ1v) is 16.8. The molecule has 0 unspecified atom stereocenters. The number of nitrogens with zero attached hydrogens (tertiary/aromatic N) is 4. The van der Waals surface area contributed by atoms with Gasteiger partial charge in [-0.25, -0.2) is 4.79 Å². The van der Waals surface area contributed by atoms with E-state index in [0.717, 1.165) is 40.7 Å². The van der Waals surface area contributed by atoms with Crippen molar-refractivity contribution in [3.63, 3.8) is 0 Å². The van der Waals surface area contributed by atoms with Gasteiger partial charge in [0.2, 0.25) is 5.91 Å². The molecule has 3 heterocycles. The zero-order valence-electron chi connectivity index (χ0n) is 26.9. The molecule has 4 amide bonds. The van der Waals surface area contributed by atoms with Gasteiger partial charge >= 0.3 is 6.03 Å². The van der Waals surface area contributed by atoms with Gasteiger partial charge in [0.05, 0.1) is 0 Å². The van der Waals surface area contributed by atoms with E-state index in [0.29, 0.717) is 48.3 Å². The van der Waals surface area contributed by atoms with Crippen LogP contribution < -0.4 is 10.2 Å². The van der Waals surface area contributed by atoms with Crippen LogP contribution in [0.5, 0.6) is 0 Å². The number of H-pyrrole nitrogens is 1. The second-order valence-corrected chi connectivity index (χ2v) is 13.7. The monoisotopic (exact) mass is 674 g/mol. The number of fused-ring (bicyclic) bond motifs is 2. The second-order valence-electron chi connectivity index (χ2n) is 12.8. The van der Waals surface area contributed by atoms with Gasteiger partial charge in [-0.2, -0.15) is 0 Å². The maximum atomic E-state index is 14.8. The van der Waals surface area contributed by atoms with E-state index in [1.54, 1.807) is 34.1 Å². The Labute approximate surface area is 285 Å². The van der Waals surface area contributed by atoms with E-state index in [9.17, 15) is 14.4 Å². The Hall–Kier alpha value is -4.05. The number of carbonyl (C=O) groups excluding carboxylic acids is 3. The number of aromatic amines is 1. The molecule has 0 saturated carbocycles. The molecule has 3 aromatic carbocycles. The molecular weight excluding hydrogens is 635 g/mol. The molecule has 1 fully saturated rings. The average molecular weight is 676 g/mol. The number of nitrogens with one attached hydrogen (secondary N) is 2. The van der Waals surface area contributed by atoms with Gasteiger partial charge in [-0.1, -0.05) is 48.3 Å². The smallest absolute Gasteiger partial charge is 0.318 e. The number of anilines is 1. The van der Waals surface area contributed by atoms with Crippen molar-refractivity contribution >= 4 is 57.6 Å². The molecule has 2 aliphatic rings. The summed E-state index contributed by atoms with van der Waals surface area (Å²) in [4.78, 5) is 52.5. The van der Waals surface area contributed by atoms with Crippen LogP contribution in [0.25, 0.3) is 10.9 Å². The van der Waals surface area contributed by atoms with E-state index in [1.165, 1.54) is 0 Å². The summed E-state index contributed by atoms with van der Waals surface area (Å²) in [5.74, 6) is -0.412. The molecule has 6 rings (SSSR count). The van der Waals surface area contributed by atoms with Gasteiger partial charge in [0, 0.05) is 83.6 Å². The first kappa shape index (κ1) is 32.9. The van der Waals surface area contributed by atoms with E-state index in [4.69, 9.17) is 23.2 Å². The van der Waals surface area contributed by atoms with E-state index in [1.807, 2.05) is 74.6 Å². The highest BCUT2D eigenvalue weighted by atomic mass is 35.5. The van der Waals surface area contributed by atoms with E-state index in [-0.39, 0.29) is 29.7 Å². The first-order chi connectivity index (χ1) is 22.6. The normalized spacial score (nSPS) is 17.8. The van der Waals surface area contributed by atoms with Crippen LogP contribution in [0.15, 0.2) is 72.9 Å². The summed E-state index contributed by atoms with van der Waals surface area (Å²) in [6, 6.07) is 19.3. The molecule has 1 saturated heterocycles. The Morgan fingerprint density at radius 2 is 1.62 bits per heavy atom. The Morgan fingerprint density at radius 3 is 2.34 bits per heavy atom. The van der Waals surface area contributed by atoms with Crippen molar-refractivity contribution in [1.82, 2.24) is 25.0 Å². The molecule has 3 atom stereocenters. The summed E-state index contributed by atoms with van der Waals surface area (Å²) in [5.41, 5.74) is 4.33. The lowest BCUT2D eigenvalue weighted by Gasteiger charge is -2.40. The lowest BCUT2D eigenvalue weighted by Crippen LogP contribution is -2.59. The Balaban J connectivity index is 1.25. The quantitative estimate of drug-likeness (QED) is 0.256. The van der Waals surface area contributed by atoms with Gasteiger partial charge in [-0.15, -0.1) is 0 Å². The van der Waals surface area contributed by atoms with Crippen LogP contribution in [0.1, 0.15) is 34.3 Å². The lowest BCUT2D eigenvalue weighted by atomic mass is 9.88. The van der Waals surface area contributed by atoms with Gasteiger partial charge in [-0.05, 0) is 86.1 Å². The number of carbonyl (C=O) groups is 3. The number of aromatic nitrogens is 1. The van der Waals surface area contributed by atoms with Gasteiger partial charge in [-0.3, -0.25) is 9.59 Å². The molecule has 0 aliphatic carbocycles. The molecular formula is C36H40Cl2N6O3. The maximum absolute atomic E-state index is 14.8. The highest BCUT2D eigenvalue weighted by Crippen LogP contribution is 2.35. The van der Waals surface area contributed by atoms with Crippen LogP contribution in [0.2, 0.25) is 10.0 Å². The third-order valence-electron chi connectivity index (χ3n) is 9.27. The fourth-order valence-corrected chi connectivity index (χ4v) is 7.21. The Kier molecular flexibility index (Phi) is 9.77. The molecule has 0 radical (unpaired) electrons. The van der Waals surface area contributed by atoms with Crippen LogP contribution in [0.4, 0.5) is 10.5 Å². The summed E-state index contributed by atoms with van der Waals surface area (Å²) in [5, 5.41) is 5.36. The number of amides is 4. The standard InChI is InChI=1S/C36H40Cl2N6O3/c1-23(30-20-39-31-7-5-4-6-29(30)31)33(35(46)44-22-24(21-41(2)3)18-26-19-28(38)12-13-32(26)44)40-36(47)43-16-14-42(15-17-43)34(45)25-8-10-27(37)11-9-25/h4-13,19-20,23-24,33,39H,14-18,21-22H2,1-3H3,(H,40,47)/t23-,24+,33+/m0/s1. The summed E-state index contributed by atoms with van der Waals surface area (Å²) in [6.07, 6.45) is 2.74. The van der Waals surface area contributed by atoms with Gasteiger partial charge < -0.3 is 29.9 Å². The number of para-hydroxylation sites is 1. The summed E-state index contributed by atoms with van der Waals surface area (Å²) in [6.45, 7) is 4.81. The predicted molar refractivity (Wildman–Crippen MR) is 188 cm³/mol. The molecule has 0 bridgehead atoms. The SMILES string of the molecule is C[C@@H](c1c[nH]c2ccccc12)[C@@H](NC(=O)N1CCN(C(=O)c2ccc(Cl)cc2)CC1)C(=O)N1C[C@@H](CN(C)C)Cc2cc(Cl)ccc21. The minimum atomic E-state index is -0.850. The fraction of sp³-hybridized carbons (Fsp3) is 0.361. The maximum Gasteiger partial charge on any atom is 0.318 e. The summed E-state index contributed by atoms with van der Waals surface area (Å²) in [7, 11) is 4.06. The Bertz CT molecular complexity index is 1770. The number of urea groups is 1. The largest absolute Gasteiger partial charge is 0.361 e. The van der Waals surface area contributed by atoms with E-state index >= 15 is 0 Å². The third-order valence-corrected chi connectivity index (χ3v) is 9.76. The molecule has 47 heavy (non-hydrogen) atoms. The van der Waals surface area contributed by atoms with Crippen molar-refractivity contribution in [2.24, 2.45) is 5.92 Å². The van der Waals surface area contributed by atoms with Crippen LogP contribution in [-0.2, 0) is 11.2 Å². The number of benzene rings is 3. The predicted octanol–water partition coefficient (Wildman–Crippen LogP) is 5.88. The van der Waals surface area contributed by atoms with Crippen LogP contribution in [0, 0.1) is 5.92 Å². The topological polar surface area (TPSA) is 92.0 Å². The van der Waals surface area contributed by atoms with Gasteiger partial charge in [0.15, 0.2) is 0 Å². The lowest BCUT2D eigenvalue weighted by molar-refractivity contribution is -0.121. The minimum Gasteiger partial charge on any atom is -0.361 e. The third kappa shape index (κ3) is 7.12. The van der Waals surface area contributed by atoms with Crippen LogP contribution >= 0.6 is 23.2 Å². The van der Waals surface area contributed by atoms with Gasteiger partial charge in [0.1, 0.15) is 6.04 Å². The second kappa shape index (κ2) is 14.0. The highest BCUT2D eigenvalue weighted by Gasteiger charge is 2.38. The molecule has 2 aliphatic heterocycles. The molecule has 9 nitrogen and oxygen atoms in total. The molecule has 0 spiro atoms. The van der Waals surface area contributed by atoms with Crippen LogP contribution in [-0.4, -0.2) is 96.9 Å². The number of piperazine rings is 1. The summed E-state index contributed by atoms with van der Waals surface area (Å²) >= 11 is 12.4. The summed E-state index contributed by atoms with van der Waals surface area (Å²) < 4.78 is 0. The number of halogens is 2. The van der Waals surface area contributed by atoms with Crippen molar-refractivity contribution in [3.05, 3.63) is 99.7 Å². The van der Waals surface area contributed by atoms with Crippen molar-refractivity contribution in [2.75, 3.05) is 58.3 Å². The highest BCUT2D eigenvalue weighted by molar-refractivity contribution is 6.31. The Morgan fingerprint density at radius 1 is 0.936 bits per heavy atom. The molecule has 11 heteroatoms. The average Bonchev–Trinajstić information content (AvgIpc) is 3.50. The number of rotatable bonds is 7. The molecule has 246 valence electrons. The van der Waals surface area contributed by atoms with Crippen molar-refractivity contribution in [3.8, 4) is 0 Å². The van der Waals surface area contributed by atoms with Crippen molar-refractivity contribution in [1.29, 1.82) is 0 Å².